The number of oxazole rings is 1. The number of rotatable bonds is 6. The molecular weight excluding hydrogens is 236 g/mol. The van der Waals surface area contributed by atoms with Crippen LogP contribution in [0.4, 0.5) is 0 Å². The quantitative estimate of drug-likeness (QED) is 0.801. The van der Waals surface area contributed by atoms with Crippen molar-refractivity contribution in [1.29, 1.82) is 0 Å². The molecule has 0 bridgehead atoms. The fourth-order valence-electron chi connectivity index (χ4n) is 1.31. The molecule has 0 saturated carbocycles. The van der Waals surface area contributed by atoms with E-state index in [1.54, 1.807) is 12.5 Å². The normalized spacial score (nSPS) is 11.2. The minimum absolute atomic E-state index is 0.463. The Kier molecular flexibility index (Phi) is 4.28. The number of hydrogen-bond acceptors (Lipinski definition) is 5. The Balaban J connectivity index is 1.81. The lowest BCUT2D eigenvalue weighted by Crippen LogP contribution is -2.21. The molecule has 0 amide bonds. The van der Waals surface area contributed by atoms with Crippen LogP contribution in [-0.4, -0.2) is 11.0 Å². The number of nitrogens with one attached hydrogen (secondary N) is 1. The lowest BCUT2D eigenvalue weighted by molar-refractivity contribution is 0.441. The van der Waals surface area contributed by atoms with Gasteiger partial charge in [-0.2, -0.15) is 0 Å². The van der Waals surface area contributed by atoms with E-state index >= 15 is 0 Å². The smallest absolute Gasteiger partial charge is 0.255 e. The summed E-state index contributed by atoms with van der Waals surface area (Å²) >= 11 is 1.53. The molecule has 0 atom stereocenters. The monoisotopic (exact) mass is 252 g/mol. The van der Waals surface area contributed by atoms with Crippen molar-refractivity contribution >= 4 is 11.8 Å². The molecule has 2 aromatic rings. The van der Waals surface area contributed by atoms with Crippen LogP contribution in [0, 0.1) is 0 Å². The first-order chi connectivity index (χ1) is 8.24. The van der Waals surface area contributed by atoms with Crippen molar-refractivity contribution in [2.45, 2.75) is 37.4 Å². The number of thioether (sulfide) groups is 1. The van der Waals surface area contributed by atoms with Gasteiger partial charge in [0.15, 0.2) is 0 Å². The second kappa shape index (κ2) is 5.93. The maximum absolute atomic E-state index is 5.68. The average molecular weight is 252 g/mol. The van der Waals surface area contributed by atoms with Gasteiger partial charge in [0, 0.05) is 6.04 Å². The van der Waals surface area contributed by atoms with Gasteiger partial charge < -0.3 is 14.2 Å². The Morgan fingerprint density at radius 2 is 2.18 bits per heavy atom. The molecule has 4 nitrogen and oxygen atoms in total. The molecule has 0 saturated heterocycles. The molecule has 17 heavy (non-hydrogen) atoms. The first kappa shape index (κ1) is 12.3. The largest absolute Gasteiger partial charge is 0.464 e. The van der Waals surface area contributed by atoms with E-state index in [1.165, 1.54) is 11.8 Å². The summed E-state index contributed by atoms with van der Waals surface area (Å²) in [5.41, 5.74) is 0. The van der Waals surface area contributed by atoms with Gasteiger partial charge in [-0.3, -0.25) is 0 Å². The van der Waals surface area contributed by atoms with E-state index in [1.807, 2.05) is 12.1 Å². The fourth-order valence-corrected chi connectivity index (χ4v) is 1.99. The highest BCUT2D eigenvalue weighted by atomic mass is 32.2. The third kappa shape index (κ3) is 3.94. The summed E-state index contributed by atoms with van der Waals surface area (Å²) in [6.07, 6.45) is 3.21. The van der Waals surface area contributed by atoms with Crippen molar-refractivity contribution in [3.05, 3.63) is 36.1 Å². The van der Waals surface area contributed by atoms with Gasteiger partial charge in [0.05, 0.1) is 18.5 Å². The Hall–Kier alpha value is -1.20. The van der Waals surface area contributed by atoms with Crippen LogP contribution in [0.1, 0.15) is 25.4 Å². The topological polar surface area (TPSA) is 51.2 Å². The van der Waals surface area contributed by atoms with Crippen molar-refractivity contribution in [1.82, 2.24) is 10.3 Å². The Labute approximate surface area is 105 Å². The number of furan rings is 1. The van der Waals surface area contributed by atoms with Crippen LogP contribution in [0.5, 0.6) is 0 Å². The molecule has 0 spiro atoms. The minimum Gasteiger partial charge on any atom is -0.464 e. The van der Waals surface area contributed by atoms with Gasteiger partial charge in [0.2, 0.25) is 0 Å². The molecule has 2 heterocycles. The summed E-state index contributed by atoms with van der Waals surface area (Å²) in [5.74, 6) is 2.64. The molecule has 5 heteroatoms. The predicted octanol–water partition coefficient (Wildman–Crippen LogP) is 3.06. The molecule has 0 aromatic carbocycles. The molecule has 0 aliphatic carbocycles. The highest BCUT2D eigenvalue weighted by molar-refractivity contribution is 7.98. The van der Waals surface area contributed by atoms with E-state index in [0.717, 1.165) is 23.8 Å². The Morgan fingerprint density at radius 1 is 1.35 bits per heavy atom. The van der Waals surface area contributed by atoms with E-state index in [9.17, 15) is 0 Å². The van der Waals surface area contributed by atoms with Crippen LogP contribution in [0.2, 0.25) is 0 Å². The Bertz CT molecular complexity index is 437. The summed E-state index contributed by atoms with van der Waals surface area (Å²) < 4.78 is 10.8. The lowest BCUT2D eigenvalue weighted by Gasteiger charge is -2.04. The van der Waals surface area contributed by atoms with Gasteiger partial charge in [0.25, 0.3) is 5.22 Å². The SMILES string of the molecule is CC(C)NCc1ccc(CSc2ncco2)o1. The molecule has 0 aliphatic heterocycles. The highest BCUT2D eigenvalue weighted by Gasteiger charge is 2.05. The summed E-state index contributed by atoms with van der Waals surface area (Å²) in [4.78, 5) is 4.04. The molecule has 0 unspecified atom stereocenters. The molecule has 1 N–H and O–H groups in total. The number of nitrogens with zero attached hydrogens (tertiary/aromatic N) is 1. The van der Waals surface area contributed by atoms with Crippen molar-refractivity contribution < 1.29 is 8.83 Å². The van der Waals surface area contributed by atoms with Gasteiger partial charge in [-0.25, -0.2) is 4.98 Å². The van der Waals surface area contributed by atoms with E-state index in [4.69, 9.17) is 8.83 Å². The second-order valence-electron chi connectivity index (χ2n) is 3.99. The summed E-state index contributed by atoms with van der Waals surface area (Å²) in [5, 5.41) is 3.98. The lowest BCUT2D eigenvalue weighted by atomic mass is 10.3. The van der Waals surface area contributed by atoms with Gasteiger partial charge in [0.1, 0.15) is 17.8 Å². The van der Waals surface area contributed by atoms with Crippen LogP contribution >= 0.6 is 11.8 Å². The summed E-state index contributed by atoms with van der Waals surface area (Å²) in [7, 11) is 0. The predicted molar refractivity (Wildman–Crippen MR) is 66.7 cm³/mol. The van der Waals surface area contributed by atoms with E-state index < -0.39 is 0 Å². The molecule has 2 rings (SSSR count). The molecule has 0 aliphatic rings. The van der Waals surface area contributed by atoms with Gasteiger partial charge >= 0.3 is 0 Å². The van der Waals surface area contributed by atoms with Crippen LogP contribution in [0.3, 0.4) is 0 Å². The molecular formula is C12H16N2O2S. The van der Waals surface area contributed by atoms with Crippen LogP contribution in [0.25, 0.3) is 0 Å². The minimum atomic E-state index is 0.463. The van der Waals surface area contributed by atoms with Crippen molar-refractivity contribution in [3.8, 4) is 0 Å². The molecule has 92 valence electrons. The van der Waals surface area contributed by atoms with E-state index in [0.29, 0.717) is 11.3 Å². The molecule has 0 radical (unpaired) electrons. The van der Waals surface area contributed by atoms with Crippen molar-refractivity contribution in [2.75, 3.05) is 0 Å². The third-order valence-electron chi connectivity index (χ3n) is 2.15. The zero-order chi connectivity index (χ0) is 12.1. The molecule has 2 aromatic heterocycles. The third-order valence-corrected chi connectivity index (χ3v) is 3.03. The van der Waals surface area contributed by atoms with E-state index in [-0.39, 0.29) is 0 Å². The Morgan fingerprint density at radius 3 is 2.88 bits per heavy atom. The molecule has 0 fully saturated rings. The maximum atomic E-state index is 5.68. The second-order valence-corrected chi connectivity index (χ2v) is 4.92. The van der Waals surface area contributed by atoms with E-state index in [2.05, 4.69) is 24.1 Å². The van der Waals surface area contributed by atoms with Crippen LogP contribution < -0.4 is 5.32 Å². The summed E-state index contributed by atoms with van der Waals surface area (Å²) in [6.45, 7) is 4.99. The van der Waals surface area contributed by atoms with Gasteiger partial charge in [-0.05, 0) is 12.1 Å². The van der Waals surface area contributed by atoms with Crippen molar-refractivity contribution in [2.24, 2.45) is 0 Å². The fraction of sp³-hybridized carbons (Fsp3) is 0.417. The number of hydrogen-bond donors (Lipinski definition) is 1. The van der Waals surface area contributed by atoms with Gasteiger partial charge in [-0.15, -0.1) is 0 Å². The highest BCUT2D eigenvalue weighted by Crippen LogP contribution is 2.21. The number of aromatic nitrogens is 1. The summed E-state index contributed by atoms with van der Waals surface area (Å²) in [6, 6.07) is 4.46. The average Bonchev–Trinajstić information content (AvgIpc) is 2.95. The van der Waals surface area contributed by atoms with Crippen LogP contribution in [0.15, 0.2) is 38.6 Å². The van der Waals surface area contributed by atoms with Crippen LogP contribution in [-0.2, 0) is 12.3 Å². The first-order valence-electron chi connectivity index (χ1n) is 5.57. The zero-order valence-electron chi connectivity index (χ0n) is 9.97. The van der Waals surface area contributed by atoms with Gasteiger partial charge in [-0.1, -0.05) is 25.6 Å². The van der Waals surface area contributed by atoms with Crippen molar-refractivity contribution in [3.63, 3.8) is 0 Å². The standard InChI is InChI=1S/C12H16N2O2S/c1-9(2)14-7-10-3-4-11(16-10)8-17-12-13-5-6-15-12/h3-6,9,14H,7-8H2,1-2H3. The maximum Gasteiger partial charge on any atom is 0.255 e. The first-order valence-corrected chi connectivity index (χ1v) is 6.56. The zero-order valence-corrected chi connectivity index (χ0v) is 10.8.